The smallest absolute Gasteiger partial charge is 0.319 e. The van der Waals surface area contributed by atoms with Gasteiger partial charge in [0, 0.05) is 16.8 Å². The molecule has 2 rings (SSSR count). The van der Waals surface area contributed by atoms with Crippen molar-refractivity contribution >= 4 is 23.3 Å². The van der Waals surface area contributed by atoms with Crippen molar-refractivity contribution in [1.82, 2.24) is 5.32 Å². The molecule has 4 heteroatoms. The maximum atomic E-state index is 11.9. The van der Waals surface area contributed by atoms with Gasteiger partial charge in [0.2, 0.25) is 0 Å². The summed E-state index contributed by atoms with van der Waals surface area (Å²) in [4.78, 5) is 11.9. The summed E-state index contributed by atoms with van der Waals surface area (Å²) in [7, 11) is 0. The van der Waals surface area contributed by atoms with Crippen LogP contribution in [0.5, 0.6) is 0 Å². The number of hydrogen-bond acceptors (Lipinski definition) is 1. The predicted octanol–water partition coefficient (Wildman–Crippen LogP) is 4.04. The van der Waals surface area contributed by atoms with Crippen LogP contribution in [0.3, 0.4) is 0 Å². The van der Waals surface area contributed by atoms with Crippen LogP contribution in [0, 0.1) is 5.92 Å². The van der Waals surface area contributed by atoms with Gasteiger partial charge in [-0.15, -0.1) is 0 Å². The minimum absolute atomic E-state index is 0.129. The zero-order chi connectivity index (χ0) is 13.0. The predicted molar refractivity (Wildman–Crippen MR) is 75.0 cm³/mol. The monoisotopic (exact) mass is 266 g/mol. The quantitative estimate of drug-likeness (QED) is 0.833. The third kappa shape index (κ3) is 3.64. The van der Waals surface area contributed by atoms with Crippen molar-refractivity contribution in [2.45, 2.75) is 38.6 Å². The van der Waals surface area contributed by atoms with Crippen LogP contribution in [-0.2, 0) is 0 Å². The topological polar surface area (TPSA) is 41.1 Å². The van der Waals surface area contributed by atoms with Crippen molar-refractivity contribution < 1.29 is 4.79 Å². The Morgan fingerprint density at radius 3 is 2.56 bits per heavy atom. The van der Waals surface area contributed by atoms with E-state index in [-0.39, 0.29) is 6.03 Å². The Kier molecular flexibility index (Phi) is 4.48. The molecule has 2 atom stereocenters. The standard InChI is InChI=1S/C14H19ClN2O/c1-10-4-2-3-5-13(10)17-14(18)16-12-8-6-11(15)7-9-12/h6-10,13H,2-5H2,1H3,(H2,16,17,18)/t10-,13+/m0/s1. The Hall–Kier alpha value is -1.22. The molecule has 0 unspecified atom stereocenters. The van der Waals surface area contributed by atoms with E-state index in [1.54, 1.807) is 24.3 Å². The van der Waals surface area contributed by atoms with Gasteiger partial charge in [-0.05, 0) is 43.0 Å². The van der Waals surface area contributed by atoms with Crippen molar-refractivity contribution in [3.05, 3.63) is 29.3 Å². The van der Waals surface area contributed by atoms with E-state index in [9.17, 15) is 4.79 Å². The van der Waals surface area contributed by atoms with Gasteiger partial charge in [-0.3, -0.25) is 0 Å². The molecule has 0 saturated heterocycles. The number of rotatable bonds is 2. The molecule has 0 aliphatic heterocycles. The maximum absolute atomic E-state index is 11.9. The molecule has 1 aliphatic rings. The summed E-state index contributed by atoms with van der Waals surface area (Å²) in [5.41, 5.74) is 0.764. The lowest BCUT2D eigenvalue weighted by Gasteiger charge is -2.29. The first-order valence-electron chi connectivity index (χ1n) is 6.48. The molecule has 98 valence electrons. The van der Waals surface area contributed by atoms with Crippen LogP contribution in [0.4, 0.5) is 10.5 Å². The highest BCUT2D eigenvalue weighted by Crippen LogP contribution is 2.23. The Bertz CT molecular complexity index is 405. The van der Waals surface area contributed by atoms with Gasteiger partial charge in [-0.1, -0.05) is 31.4 Å². The Morgan fingerprint density at radius 1 is 1.22 bits per heavy atom. The van der Waals surface area contributed by atoms with Crippen molar-refractivity contribution in [3.63, 3.8) is 0 Å². The number of hydrogen-bond donors (Lipinski definition) is 2. The van der Waals surface area contributed by atoms with E-state index >= 15 is 0 Å². The van der Waals surface area contributed by atoms with Crippen molar-refractivity contribution in [3.8, 4) is 0 Å². The number of carbonyl (C=O) groups excluding carboxylic acids is 1. The van der Waals surface area contributed by atoms with Crippen LogP contribution in [0.15, 0.2) is 24.3 Å². The molecule has 0 aromatic heterocycles. The van der Waals surface area contributed by atoms with E-state index in [1.807, 2.05) is 0 Å². The molecule has 2 N–H and O–H groups in total. The first-order chi connectivity index (χ1) is 8.65. The fraction of sp³-hybridized carbons (Fsp3) is 0.500. The SMILES string of the molecule is C[C@H]1CCCC[C@H]1NC(=O)Nc1ccc(Cl)cc1. The average Bonchev–Trinajstić information content (AvgIpc) is 2.35. The van der Waals surface area contributed by atoms with Gasteiger partial charge >= 0.3 is 6.03 Å². The minimum Gasteiger partial charge on any atom is -0.335 e. The summed E-state index contributed by atoms with van der Waals surface area (Å²) < 4.78 is 0. The highest BCUT2D eigenvalue weighted by Gasteiger charge is 2.22. The van der Waals surface area contributed by atoms with Gasteiger partial charge < -0.3 is 10.6 Å². The van der Waals surface area contributed by atoms with Crippen LogP contribution in [0.25, 0.3) is 0 Å². The molecule has 3 nitrogen and oxygen atoms in total. The summed E-state index contributed by atoms with van der Waals surface area (Å²) in [5, 5.41) is 6.55. The van der Waals surface area contributed by atoms with Crippen LogP contribution >= 0.6 is 11.6 Å². The Balaban J connectivity index is 1.86. The van der Waals surface area contributed by atoms with E-state index in [2.05, 4.69) is 17.6 Å². The molecule has 1 aromatic carbocycles. The molecule has 0 spiro atoms. The van der Waals surface area contributed by atoms with E-state index in [1.165, 1.54) is 19.3 Å². The van der Waals surface area contributed by atoms with Crippen molar-refractivity contribution in [2.24, 2.45) is 5.92 Å². The molecule has 18 heavy (non-hydrogen) atoms. The molecule has 1 aromatic rings. The Labute approximate surface area is 113 Å². The Morgan fingerprint density at radius 2 is 1.89 bits per heavy atom. The van der Waals surface area contributed by atoms with Crippen LogP contribution in [0.2, 0.25) is 5.02 Å². The second-order valence-corrected chi connectivity index (χ2v) is 5.41. The zero-order valence-corrected chi connectivity index (χ0v) is 11.3. The van der Waals surface area contributed by atoms with Gasteiger partial charge in [0.15, 0.2) is 0 Å². The highest BCUT2D eigenvalue weighted by atomic mass is 35.5. The maximum Gasteiger partial charge on any atom is 0.319 e. The van der Waals surface area contributed by atoms with Gasteiger partial charge in [0.1, 0.15) is 0 Å². The zero-order valence-electron chi connectivity index (χ0n) is 10.6. The average molecular weight is 267 g/mol. The number of nitrogens with one attached hydrogen (secondary N) is 2. The van der Waals surface area contributed by atoms with E-state index in [0.717, 1.165) is 12.1 Å². The van der Waals surface area contributed by atoms with Crippen LogP contribution in [-0.4, -0.2) is 12.1 Å². The fourth-order valence-corrected chi connectivity index (χ4v) is 2.53. The van der Waals surface area contributed by atoms with E-state index < -0.39 is 0 Å². The lowest BCUT2D eigenvalue weighted by Crippen LogP contribution is -2.43. The summed E-state index contributed by atoms with van der Waals surface area (Å²) in [5.74, 6) is 0.565. The minimum atomic E-state index is -0.129. The molecule has 1 saturated carbocycles. The molecule has 0 heterocycles. The van der Waals surface area contributed by atoms with Gasteiger partial charge in [0.25, 0.3) is 0 Å². The van der Waals surface area contributed by atoms with Gasteiger partial charge in [-0.2, -0.15) is 0 Å². The normalized spacial score (nSPS) is 23.4. The number of anilines is 1. The molecular weight excluding hydrogens is 248 g/mol. The fourth-order valence-electron chi connectivity index (χ4n) is 2.40. The van der Waals surface area contributed by atoms with Gasteiger partial charge in [0.05, 0.1) is 0 Å². The first-order valence-corrected chi connectivity index (χ1v) is 6.86. The summed E-state index contributed by atoms with van der Waals surface area (Å²) in [6.07, 6.45) is 4.76. The second-order valence-electron chi connectivity index (χ2n) is 4.97. The van der Waals surface area contributed by atoms with Crippen molar-refractivity contribution in [2.75, 3.05) is 5.32 Å². The number of carbonyl (C=O) groups is 1. The highest BCUT2D eigenvalue weighted by molar-refractivity contribution is 6.30. The molecule has 1 aliphatic carbocycles. The van der Waals surface area contributed by atoms with E-state index in [0.29, 0.717) is 17.0 Å². The lowest BCUT2D eigenvalue weighted by molar-refractivity contribution is 0.232. The summed E-state index contributed by atoms with van der Waals surface area (Å²) >= 11 is 5.79. The molecule has 2 amide bonds. The first kappa shape index (κ1) is 13.2. The van der Waals surface area contributed by atoms with Gasteiger partial charge in [-0.25, -0.2) is 4.79 Å². The molecule has 1 fully saturated rings. The number of benzene rings is 1. The third-order valence-electron chi connectivity index (χ3n) is 3.53. The number of amides is 2. The second kappa shape index (κ2) is 6.10. The summed E-state index contributed by atoms with van der Waals surface area (Å²) in [6, 6.07) is 7.29. The van der Waals surface area contributed by atoms with Crippen LogP contribution < -0.4 is 10.6 Å². The molecular formula is C14H19ClN2O. The van der Waals surface area contributed by atoms with Crippen molar-refractivity contribution in [1.29, 1.82) is 0 Å². The summed E-state index contributed by atoms with van der Waals surface area (Å²) in [6.45, 7) is 2.20. The van der Waals surface area contributed by atoms with E-state index in [4.69, 9.17) is 11.6 Å². The number of urea groups is 1. The number of halogens is 1. The molecule has 0 radical (unpaired) electrons. The molecule has 0 bridgehead atoms. The third-order valence-corrected chi connectivity index (χ3v) is 3.78. The largest absolute Gasteiger partial charge is 0.335 e. The lowest BCUT2D eigenvalue weighted by atomic mass is 9.86. The van der Waals surface area contributed by atoms with Crippen LogP contribution in [0.1, 0.15) is 32.6 Å².